The molecule has 1 amide bonds. The molecule has 0 spiro atoms. The predicted octanol–water partition coefficient (Wildman–Crippen LogP) is 2.44. The number of nitrogens with zero attached hydrogens (tertiary/aromatic N) is 1. The molecule has 0 aliphatic heterocycles. The van der Waals surface area contributed by atoms with Gasteiger partial charge in [0, 0.05) is 14.1 Å². The lowest BCUT2D eigenvalue weighted by Crippen LogP contribution is -2.29. The van der Waals surface area contributed by atoms with Crippen molar-refractivity contribution in [3.63, 3.8) is 0 Å². The summed E-state index contributed by atoms with van der Waals surface area (Å²) in [5.41, 5.74) is 1.10. The van der Waals surface area contributed by atoms with Crippen molar-refractivity contribution in [2.75, 3.05) is 19.8 Å². The number of nitrogens with one attached hydrogen (secondary N) is 1. The molecule has 1 aromatic rings. The zero-order valence-corrected chi connectivity index (χ0v) is 12.5. The number of hydrogen-bond donors (Lipinski definition) is 1. The molecule has 0 heterocycles. The zero-order valence-electron chi connectivity index (χ0n) is 10.8. The first-order valence-electron chi connectivity index (χ1n) is 5.69. The Labute approximate surface area is 118 Å². The van der Waals surface area contributed by atoms with Crippen LogP contribution in [-0.4, -0.2) is 35.0 Å². The lowest BCUT2D eigenvalue weighted by molar-refractivity contribution is -0.119. The van der Waals surface area contributed by atoms with Crippen LogP contribution < -0.4 is 5.32 Å². The lowest BCUT2D eigenvalue weighted by Gasteiger charge is -2.15. The summed E-state index contributed by atoms with van der Waals surface area (Å²) >= 11 is 6.49. The number of carbonyl (C=O) groups is 1. The third kappa shape index (κ3) is 5.06. The van der Waals surface area contributed by atoms with E-state index in [4.69, 9.17) is 12.2 Å². The molecule has 0 aliphatic carbocycles. The molecule has 1 N–H and O–H groups in total. The molecule has 1 rings (SSSR count). The van der Waals surface area contributed by atoms with Crippen LogP contribution in [0.3, 0.4) is 0 Å². The molecule has 1 aromatic carbocycles. The van der Waals surface area contributed by atoms with Crippen LogP contribution in [-0.2, 0) is 4.79 Å². The number of hydrogen-bond acceptors (Lipinski definition) is 3. The quantitative estimate of drug-likeness (QED) is 0.860. The van der Waals surface area contributed by atoms with Crippen LogP contribution in [0.2, 0.25) is 0 Å². The molecule has 0 unspecified atom stereocenters. The van der Waals surface area contributed by atoms with Gasteiger partial charge in [0.25, 0.3) is 0 Å². The van der Waals surface area contributed by atoms with Crippen LogP contribution in [0.4, 0.5) is 0 Å². The number of amides is 1. The van der Waals surface area contributed by atoms with Crippen molar-refractivity contribution in [2.45, 2.75) is 13.0 Å². The summed E-state index contributed by atoms with van der Waals surface area (Å²) in [6, 6.07) is 9.92. The zero-order chi connectivity index (χ0) is 13.5. The maximum Gasteiger partial charge on any atom is 0.230 e. The number of carbonyl (C=O) groups excluding carboxylic acids is 1. The van der Waals surface area contributed by atoms with E-state index in [2.05, 4.69) is 5.32 Å². The molecule has 0 aromatic heterocycles. The molecular formula is C13H18N2OS2. The third-order valence-corrected chi connectivity index (χ3v) is 4.11. The SMILES string of the molecule is C[C@H](NC(=O)CSC(=S)N(C)C)c1ccccc1. The van der Waals surface area contributed by atoms with Gasteiger partial charge in [0.1, 0.15) is 4.32 Å². The lowest BCUT2D eigenvalue weighted by atomic mass is 10.1. The van der Waals surface area contributed by atoms with Gasteiger partial charge in [-0.3, -0.25) is 4.79 Å². The summed E-state index contributed by atoms with van der Waals surface area (Å²) in [5.74, 6) is 0.356. The smallest absolute Gasteiger partial charge is 0.230 e. The van der Waals surface area contributed by atoms with Gasteiger partial charge in [0.05, 0.1) is 11.8 Å². The maximum atomic E-state index is 11.7. The molecule has 98 valence electrons. The van der Waals surface area contributed by atoms with Crippen molar-refractivity contribution < 1.29 is 4.79 Å². The maximum absolute atomic E-state index is 11.7. The van der Waals surface area contributed by atoms with Gasteiger partial charge in [-0.25, -0.2) is 0 Å². The standard InChI is InChI=1S/C13H18N2OS2/c1-10(11-7-5-4-6-8-11)14-12(16)9-18-13(17)15(2)3/h4-8,10H,9H2,1-3H3,(H,14,16)/t10-/m0/s1. The van der Waals surface area contributed by atoms with Crippen LogP contribution >= 0.6 is 24.0 Å². The van der Waals surface area contributed by atoms with E-state index in [1.807, 2.05) is 56.3 Å². The number of thioether (sulfide) groups is 1. The second-order valence-electron chi connectivity index (χ2n) is 4.15. The van der Waals surface area contributed by atoms with E-state index in [1.165, 1.54) is 11.8 Å². The van der Waals surface area contributed by atoms with Crippen molar-refractivity contribution in [3.05, 3.63) is 35.9 Å². The summed E-state index contributed by atoms with van der Waals surface area (Å²) in [6.07, 6.45) is 0. The Morgan fingerprint density at radius 3 is 2.56 bits per heavy atom. The fraction of sp³-hybridized carbons (Fsp3) is 0.385. The van der Waals surface area contributed by atoms with Gasteiger partial charge in [-0.05, 0) is 12.5 Å². The average molecular weight is 282 g/mol. The Morgan fingerprint density at radius 2 is 2.00 bits per heavy atom. The average Bonchev–Trinajstić information content (AvgIpc) is 2.36. The molecule has 0 bridgehead atoms. The molecule has 5 heteroatoms. The van der Waals surface area contributed by atoms with Crippen LogP contribution in [0, 0.1) is 0 Å². The number of thiocarbonyl (C=S) groups is 1. The number of rotatable bonds is 4. The highest BCUT2D eigenvalue weighted by molar-refractivity contribution is 8.23. The molecule has 0 saturated carbocycles. The van der Waals surface area contributed by atoms with E-state index >= 15 is 0 Å². The monoisotopic (exact) mass is 282 g/mol. The Hall–Kier alpha value is -1.07. The van der Waals surface area contributed by atoms with Crippen LogP contribution in [0.5, 0.6) is 0 Å². The van der Waals surface area contributed by atoms with Gasteiger partial charge >= 0.3 is 0 Å². The minimum absolute atomic E-state index is 0.000512. The summed E-state index contributed by atoms with van der Waals surface area (Å²) in [5, 5.41) is 2.95. The van der Waals surface area contributed by atoms with Gasteiger partial charge < -0.3 is 10.2 Å². The summed E-state index contributed by atoms with van der Waals surface area (Å²) in [4.78, 5) is 13.6. The van der Waals surface area contributed by atoms with Crippen molar-refractivity contribution in [1.82, 2.24) is 10.2 Å². The first-order chi connectivity index (χ1) is 8.50. The van der Waals surface area contributed by atoms with Crippen molar-refractivity contribution in [3.8, 4) is 0 Å². The van der Waals surface area contributed by atoms with Crippen molar-refractivity contribution >= 4 is 34.2 Å². The van der Waals surface area contributed by atoms with Gasteiger partial charge in [-0.2, -0.15) is 0 Å². The molecule has 1 atom stereocenters. The highest BCUT2D eigenvalue weighted by atomic mass is 32.2. The molecule has 0 radical (unpaired) electrons. The largest absolute Gasteiger partial charge is 0.364 e. The third-order valence-electron chi connectivity index (χ3n) is 2.37. The molecule has 0 fully saturated rings. The van der Waals surface area contributed by atoms with E-state index in [-0.39, 0.29) is 11.9 Å². The molecule has 0 saturated heterocycles. The Bertz CT molecular complexity index is 407. The van der Waals surface area contributed by atoms with E-state index in [0.717, 1.165) is 9.88 Å². The highest BCUT2D eigenvalue weighted by Gasteiger charge is 2.10. The van der Waals surface area contributed by atoms with Crippen molar-refractivity contribution in [1.29, 1.82) is 0 Å². The van der Waals surface area contributed by atoms with Gasteiger partial charge in [-0.1, -0.05) is 54.3 Å². The fourth-order valence-electron chi connectivity index (χ4n) is 1.36. The highest BCUT2D eigenvalue weighted by Crippen LogP contribution is 2.12. The first kappa shape index (κ1) is 15.0. The van der Waals surface area contributed by atoms with Gasteiger partial charge in [0.15, 0.2) is 0 Å². The molecule has 18 heavy (non-hydrogen) atoms. The summed E-state index contributed by atoms with van der Waals surface area (Å²) in [6.45, 7) is 1.97. The second-order valence-corrected chi connectivity index (χ2v) is 5.76. The van der Waals surface area contributed by atoms with E-state index in [9.17, 15) is 4.79 Å². The van der Waals surface area contributed by atoms with Gasteiger partial charge in [0.2, 0.25) is 5.91 Å². The minimum atomic E-state index is 0.000512. The summed E-state index contributed by atoms with van der Waals surface area (Å²) < 4.78 is 0.720. The van der Waals surface area contributed by atoms with E-state index in [1.54, 1.807) is 0 Å². The van der Waals surface area contributed by atoms with E-state index in [0.29, 0.717) is 5.75 Å². The van der Waals surface area contributed by atoms with Crippen LogP contribution in [0.1, 0.15) is 18.5 Å². The van der Waals surface area contributed by atoms with Gasteiger partial charge in [-0.15, -0.1) is 0 Å². The molecular weight excluding hydrogens is 264 g/mol. The normalized spacial score (nSPS) is 11.7. The Balaban J connectivity index is 2.39. The van der Waals surface area contributed by atoms with Crippen LogP contribution in [0.25, 0.3) is 0 Å². The molecule has 3 nitrogen and oxygen atoms in total. The van der Waals surface area contributed by atoms with Crippen molar-refractivity contribution in [2.24, 2.45) is 0 Å². The number of benzene rings is 1. The van der Waals surface area contributed by atoms with E-state index < -0.39 is 0 Å². The predicted molar refractivity (Wildman–Crippen MR) is 81.7 cm³/mol. The topological polar surface area (TPSA) is 32.3 Å². The van der Waals surface area contributed by atoms with Crippen LogP contribution in [0.15, 0.2) is 30.3 Å². The minimum Gasteiger partial charge on any atom is -0.364 e. The molecule has 0 aliphatic rings. The first-order valence-corrected chi connectivity index (χ1v) is 7.08. The fourth-order valence-corrected chi connectivity index (χ4v) is 2.14. The Kier molecular flexibility index (Phi) is 6.15. The second kappa shape index (κ2) is 7.38. The summed E-state index contributed by atoms with van der Waals surface area (Å²) in [7, 11) is 3.75. The Morgan fingerprint density at radius 1 is 1.39 bits per heavy atom.